The van der Waals surface area contributed by atoms with Gasteiger partial charge < -0.3 is 0 Å². The van der Waals surface area contributed by atoms with E-state index in [9.17, 15) is 0 Å². The maximum Gasteiger partial charge on any atom is 0.0361 e. The molecule has 0 amide bonds. The maximum absolute atomic E-state index is 2.49. The molecule has 280 valence electrons. The largest absolute Gasteiger partial charge is 0.135 e. The maximum atomic E-state index is 2.49. The van der Waals surface area contributed by atoms with E-state index in [2.05, 4.69) is 208 Å². The molecule has 0 fully saturated rings. The summed E-state index contributed by atoms with van der Waals surface area (Å²) in [5, 5.41) is 15.5. The number of thiophene rings is 1. The number of fused-ring (bicyclic) bond motifs is 12. The van der Waals surface area contributed by atoms with Crippen LogP contribution in [0.5, 0.6) is 0 Å². The molecule has 0 radical (unpaired) electrons. The van der Waals surface area contributed by atoms with Crippen molar-refractivity contribution in [1.29, 1.82) is 0 Å². The Morgan fingerprint density at radius 2 is 0.800 bits per heavy atom. The lowest BCUT2D eigenvalue weighted by atomic mass is 9.81. The molecule has 0 atom stereocenters. The van der Waals surface area contributed by atoms with E-state index in [1.54, 1.807) is 0 Å². The second-order valence-electron chi connectivity index (χ2n) is 17.2. The number of rotatable bonds is 3. The van der Waals surface area contributed by atoms with Crippen LogP contribution in [0.1, 0.15) is 25.0 Å². The third kappa shape index (κ3) is 4.84. The molecule has 0 N–H and O–H groups in total. The molecule has 0 spiro atoms. The summed E-state index contributed by atoms with van der Waals surface area (Å²) >= 11 is 1.90. The van der Waals surface area contributed by atoms with Crippen molar-refractivity contribution >= 4 is 85.4 Å². The monoisotopic (exact) mass is 778 g/mol. The van der Waals surface area contributed by atoms with E-state index in [1.807, 2.05) is 11.3 Å². The van der Waals surface area contributed by atoms with E-state index in [4.69, 9.17) is 0 Å². The van der Waals surface area contributed by atoms with Gasteiger partial charge in [-0.2, -0.15) is 0 Å². The molecule has 11 aromatic carbocycles. The van der Waals surface area contributed by atoms with E-state index >= 15 is 0 Å². The van der Waals surface area contributed by atoms with Crippen molar-refractivity contribution in [2.24, 2.45) is 0 Å². The topological polar surface area (TPSA) is 0 Å². The average Bonchev–Trinajstić information content (AvgIpc) is 3.78. The fourth-order valence-corrected chi connectivity index (χ4v) is 11.8. The summed E-state index contributed by atoms with van der Waals surface area (Å²) in [7, 11) is 0. The van der Waals surface area contributed by atoms with E-state index < -0.39 is 0 Å². The van der Waals surface area contributed by atoms with E-state index in [0.29, 0.717) is 0 Å². The van der Waals surface area contributed by atoms with Crippen LogP contribution in [0.3, 0.4) is 0 Å². The molecule has 0 bridgehead atoms. The zero-order valence-corrected chi connectivity index (χ0v) is 34.2. The van der Waals surface area contributed by atoms with Crippen LogP contribution in [0.15, 0.2) is 194 Å². The van der Waals surface area contributed by atoms with Crippen LogP contribution in [0.25, 0.3) is 119 Å². The van der Waals surface area contributed by atoms with Gasteiger partial charge >= 0.3 is 0 Å². The highest BCUT2D eigenvalue weighted by atomic mass is 32.1. The highest BCUT2D eigenvalue weighted by Gasteiger charge is 2.36. The molecule has 60 heavy (non-hydrogen) atoms. The van der Waals surface area contributed by atoms with Gasteiger partial charge in [0.2, 0.25) is 0 Å². The van der Waals surface area contributed by atoms with Gasteiger partial charge in [-0.15, -0.1) is 11.3 Å². The van der Waals surface area contributed by atoms with E-state index in [1.165, 1.54) is 130 Å². The molecule has 1 aliphatic rings. The van der Waals surface area contributed by atoms with Crippen molar-refractivity contribution in [1.82, 2.24) is 0 Å². The summed E-state index contributed by atoms with van der Waals surface area (Å²) < 4.78 is 2.71. The molecule has 0 unspecified atom stereocenters. The lowest BCUT2D eigenvalue weighted by molar-refractivity contribution is 0.661. The molecule has 13 rings (SSSR count). The Morgan fingerprint density at radius 3 is 1.48 bits per heavy atom. The minimum Gasteiger partial charge on any atom is -0.135 e. The normalized spacial score (nSPS) is 13.3. The van der Waals surface area contributed by atoms with Crippen molar-refractivity contribution < 1.29 is 0 Å². The van der Waals surface area contributed by atoms with Gasteiger partial charge in [0.15, 0.2) is 0 Å². The molecule has 0 nitrogen and oxygen atoms in total. The second-order valence-corrected chi connectivity index (χ2v) is 18.3. The Labute approximate surface area is 352 Å². The van der Waals surface area contributed by atoms with Crippen molar-refractivity contribution in [2.75, 3.05) is 0 Å². The zero-order valence-electron chi connectivity index (χ0n) is 33.4. The van der Waals surface area contributed by atoms with Gasteiger partial charge in [-0.05, 0) is 158 Å². The first kappa shape index (κ1) is 33.9. The number of hydrogen-bond donors (Lipinski definition) is 0. The zero-order chi connectivity index (χ0) is 39.7. The van der Waals surface area contributed by atoms with Crippen LogP contribution in [0.2, 0.25) is 0 Å². The highest BCUT2D eigenvalue weighted by Crippen LogP contribution is 2.52. The predicted octanol–water partition coefficient (Wildman–Crippen LogP) is 17.1. The van der Waals surface area contributed by atoms with Gasteiger partial charge in [-0.3, -0.25) is 0 Å². The van der Waals surface area contributed by atoms with Crippen LogP contribution in [-0.4, -0.2) is 0 Å². The first-order valence-corrected chi connectivity index (χ1v) is 21.8. The smallest absolute Gasteiger partial charge is 0.0361 e. The Kier molecular flexibility index (Phi) is 7.04. The Hall–Kier alpha value is -7.06. The summed E-state index contributed by atoms with van der Waals surface area (Å²) in [5.41, 5.74) is 13.0. The molecule has 1 aromatic heterocycles. The molecular weight excluding hydrogens is 741 g/mol. The molecule has 12 aromatic rings. The Bertz CT molecular complexity index is 3750. The molecular formula is C59H38S. The van der Waals surface area contributed by atoms with Crippen LogP contribution < -0.4 is 0 Å². The minimum atomic E-state index is -0.0785. The lowest BCUT2D eigenvalue weighted by Gasteiger charge is -2.22. The number of benzene rings is 11. The van der Waals surface area contributed by atoms with Crippen molar-refractivity contribution in [3.63, 3.8) is 0 Å². The van der Waals surface area contributed by atoms with Gasteiger partial charge in [0.1, 0.15) is 0 Å². The van der Waals surface area contributed by atoms with E-state index in [0.717, 1.165) is 0 Å². The van der Waals surface area contributed by atoms with E-state index in [-0.39, 0.29) is 5.41 Å². The van der Waals surface area contributed by atoms with Gasteiger partial charge in [-0.25, -0.2) is 0 Å². The van der Waals surface area contributed by atoms with Gasteiger partial charge in [0, 0.05) is 25.6 Å². The van der Waals surface area contributed by atoms with Crippen LogP contribution in [-0.2, 0) is 5.41 Å². The second kappa shape index (κ2) is 12.5. The van der Waals surface area contributed by atoms with Crippen molar-refractivity contribution in [3.8, 4) is 44.5 Å². The van der Waals surface area contributed by atoms with Crippen molar-refractivity contribution in [3.05, 3.63) is 205 Å². The SMILES string of the molecule is CC1(C)c2ccc(-c3ccc4cc(-c5c6ccccc6c(-c6ccc7ccccc7c6)c6ccccc56)ccc4c3)cc2-c2cc3c(ccc4sc5ccccc5c43)cc21. The molecule has 1 heterocycles. The number of hydrogen-bond acceptors (Lipinski definition) is 1. The predicted molar refractivity (Wildman–Crippen MR) is 261 cm³/mol. The molecule has 0 aliphatic heterocycles. The van der Waals surface area contributed by atoms with Gasteiger partial charge in [-0.1, -0.05) is 159 Å². The highest BCUT2D eigenvalue weighted by molar-refractivity contribution is 7.26. The lowest BCUT2D eigenvalue weighted by Crippen LogP contribution is -2.14. The molecule has 1 heteroatoms. The summed E-state index contributed by atoms with van der Waals surface area (Å²) in [6.45, 7) is 4.78. The quantitative estimate of drug-likeness (QED) is 0.157. The van der Waals surface area contributed by atoms with Crippen LogP contribution >= 0.6 is 11.3 Å². The molecule has 0 saturated heterocycles. The molecule has 0 saturated carbocycles. The first-order valence-electron chi connectivity index (χ1n) is 21.0. The van der Waals surface area contributed by atoms with Crippen molar-refractivity contribution in [2.45, 2.75) is 19.3 Å². The fourth-order valence-electron chi connectivity index (χ4n) is 10.6. The summed E-state index contributed by atoms with van der Waals surface area (Å²) in [6, 6.07) is 73.2. The summed E-state index contributed by atoms with van der Waals surface area (Å²) in [6.07, 6.45) is 0. The van der Waals surface area contributed by atoms with Gasteiger partial charge in [0.05, 0.1) is 0 Å². The first-order chi connectivity index (χ1) is 29.5. The fraction of sp³-hybridized carbons (Fsp3) is 0.0508. The minimum absolute atomic E-state index is 0.0785. The Balaban J connectivity index is 0.932. The third-order valence-corrected chi connectivity index (χ3v) is 14.7. The van der Waals surface area contributed by atoms with Crippen LogP contribution in [0, 0.1) is 0 Å². The van der Waals surface area contributed by atoms with Gasteiger partial charge in [0.25, 0.3) is 0 Å². The third-order valence-electron chi connectivity index (χ3n) is 13.6. The average molecular weight is 779 g/mol. The summed E-state index contributed by atoms with van der Waals surface area (Å²) in [4.78, 5) is 0. The van der Waals surface area contributed by atoms with Crippen LogP contribution in [0.4, 0.5) is 0 Å². The standard InChI is InChI=1S/C59H38S/c1-59(2)52-27-25-40(32-50(52)51-34-49-41(33-53(51)59)26-28-55-58(49)48-17-9-10-18-54(48)60-55)38-20-21-39-31-43(24-22-37(39)29-38)57-46-15-7-5-13-44(46)56(45-14-6-8-16-47(45)57)42-23-19-35-11-3-4-12-36(35)30-42/h3-34H,1-2H3. The summed E-state index contributed by atoms with van der Waals surface area (Å²) in [5.74, 6) is 0. The Morgan fingerprint density at radius 1 is 0.317 bits per heavy atom. The molecule has 1 aliphatic carbocycles.